The van der Waals surface area contributed by atoms with Gasteiger partial charge in [0.2, 0.25) is 0 Å². The quantitative estimate of drug-likeness (QED) is 0.889. The number of hydrogen-bond acceptors (Lipinski definition) is 4. The zero-order valence-corrected chi connectivity index (χ0v) is 10.6. The smallest absolute Gasteiger partial charge is 0.358 e. The molecule has 98 valence electrons. The maximum atomic E-state index is 11.8. The Labute approximate surface area is 107 Å². The lowest BCUT2D eigenvalue weighted by atomic mass is 10.1. The molecule has 4 heteroatoms. The van der Waals surface area contributed by atoms with Crippen LogP contribution in [0.4, 0.5) is 0 Å². The molecule has 2 rings (SSSR count). The molecule has 1 aromatic rings. The van der Waals surface area contributed by atoms with Gasteiger partial charge in [0.15, 0.2) is 6.10 Å². The predicted octanol–water partition coefficient (Wildman–Crippen LogP) is 1.97. The van der Waals surface area contributed by atoms with Gasteiger partial charge in [0.05, 0.1) is 0 Å². The maximum Gasteiger partial charge on any atom is 0.358 e. The Kier molecular flexibility index (Phi) is 4.33. The molecule has 4 nitrogen and oxygen atoms in total. The van der Waals surface area contributed by atoms with E-state index < -0.39 is 12.1 Å². The van der Waals surface area contributed by atoms with Crippen LogP contribution < -0.4 is 0 Å². The second-order valence-corrected chi connectivity index (χ2v) is 4.72. The third-order valence-electron chi connectivity index (χ3n) is 3.12. The van der Waals surface area contributed by atoms with Gasteiger partial charge in [-0.25, -0.2) is 4.79 Å². The Morgan fingerprint density at radius 2 is 2.06 bits per heavy atom. The molecule has 0 aliphatic carbocycles. The van der Waals surface area contributed by atoms with E-state index >= 15 is 0 Å². The third kappa shape index (κ3) is 3.31. The minimum absolute atomic E-state index is 0.581. The average Bonchev–Trinajstić information content (AvgIpc) is 2.39. The number of hydroxylamine groups is 2. The highest BCUT2D eigenvalue weighted by Crippen LogP contribution is 2.17. The minimum Gasteiger partial charge on any atom is -0.377 e. The molecule has 0 radical (unpaired) electrons. The summed E-state index contributed by atoms with van der Waals surface area (Å²) in [5, 5.41) is 11.6. The first kappa shape index (κ1) is 13.1. The van der Waals surface area contributed by atoms with Crippen molar-refractivity contribution in [1.29, 1.82) is 0 Å². The van der Waals surface area contributed by atoms with Crippen molar-refractivity contribution in [3.05, 3.63) is 35.4 Å². The van der Waals surface area contributed by atoms with Gasteiger partial charge in [-0.15, -0.1) is 5.06 Å². The molecular formula is C14H19NO3. The number of rotatable bonds is 3. The van der Waals surface area contributed by atoms with Gasteiger partial charge < -0.3 is 9.94 Å². The zero-order valence-electron chi connectivity index (χ0n) is 10.6. The predicted molar refractivity (Wildman–Crippen MR) is 67.7 cm³/mol. The summed E-state index contributed by atoms with van der Waals surface area (Å²) >= 11 is 0. The number of piperidine rings is 1. The van der Waals surface area contributed by atoms with Gasteiger partial charge in [0, 0.05) is 13.1 Å². The van der Waals surface area contributed by atoms with Crippen LogP contribution in [0.3, 0.4) is 0 Å². The summed E-state index contributed by atoms with van der Waals surface area (Å²) in [5.41, 5.74) is 1.59. The fourth-order valence-corrected chi connectivity index (χ4v) is 2.11. The second-order valence-electron chi connectivity index (χ2n) is 4.72. The molecule has 1 aliphatic rings. The number of aliphatic hydroxyl groups excluding tert-OH is 1. The Hall–Kier alpha value is -1.39. The van der Waals surface area contributed by atoms with E-state index in [-0.39, 0.29) is 0 Å². The lowest BCUT2D eigenvalue weighted by molar-refractivity contribution is -0.204. The molecule has 0 saturated carbocycles. The van der Waals surface area contributed by atoms with Crippen LogP contribution >= 0.6 is 0 Å². The first-order valence-electron chi connectivity index (χ1n) is 6.38. The van der Waals surface area contributed by atoms with Crippen LogP contribution in [0, 0.1) is 6.92 Å². The summed E-state index contributed by atoms with van der Waals surface area (Å²) in [7, 11) is 0. The van der Waals surface area contributed by atoms with Crippen molar-refractivity contribution in [2.75, 3.05) is 13.1 Å². The third-order valence-corrected chi connectivity index (χ3v) is 3.12. The van der Waals surface area contributed by atoms with Crippen molar-refractivity contribution in [2.45, 2.75) is 32.3 Å². The Bertz CT molecular complexity index is 413. The van der Waals surface area contributed by atoms with E-state index in [1.165, 1.54) is 6.42 Å². The number of benzene rings is 1. The minimum atomic E-state index is -1.20. The molecule has 1 N–H and O–H groups in total. The average molecular weight is 249 g/mol. The topological polar surface area (TPSA) is 49.8 Å². The van der Waals surface area contributed by atoms with E-state index in [1.54, 1.807) is 17.2 Å². The molecule has 1 heterocycles. The second kappa shape index (κ2) is 5.98. The summed E-state index contributed by atoms with van der Waals surface area (Å²) in [6.45, 7) is 3.44. The molecule has 0 spiro atoms. The highest BCUT2D eigenvalue weighted by Gasteiger charge is 2.23. The van der Waals surface area contributed by atoms with Crippen molar-refractivity contribution >= 4 is 5.97 Å². The first-order valence-corrected chi connectivity index (χ1v) is 6.38. The summed E-state index contributed by atoms with van der Waals surface area (Å²) in [6.07, 6.45) is 2.04. The van der Waals surface area contributed by atoms with Crippen LogP contribution in [-0.4, -0.2) is 29.2 Å². The molecule has 1 atom stereocenters. The van der Waals surface area contributed by atoms with Crippen molar-refractivity contribution in [1.82, 2.24) is 5.06 Å². The van der Waals surface area contributed by atoms with Crippen molar-refractivity contribution < 1.29 is 14.7 Å². The molecule has 0 bridgehead atoms. The van der Waals surface area contributed by atoms with E-state index in [4.69, 9.17) is 4.84 Å². The largest absolute Gasteiger partial charge is 0.377 e. The lowest BCUT2D eigenvalue weighted by Gasteiger charge is -2.25. The summed E-state index contributed by atoms with van der Waals surface area (Å²) in [6, 6.07) is 7.27. The summed E-state index contributed by atoms with van der Waals surface area (Å²) in [4.78, 5) is 17.0. The van der Waals surface area contributed by atoms with Crippen LogP contribution in [0.15, 0.2) is 24.3 Å². The van der Waals surface area contributed by atoms with E-state index in [1.807, 2.05) is 19.1 Å². The van der Waals surface area contributed by atoms with Gasteiger partial charge in [-0.05, 0) is 25.3 Å². The molecule has 1 fully saturated rings. The molecule has 1 aliphatic heterocycles. The highest BCUT2D eigenvalue weighted by atomic mass is 16.7. The molecule has 0 aromatic heterocycles. The molecule has 1 saturated heterocycles. The number of aliphatic hydroxyl groups is 1. The number of nitrogens with zero attached hydrogens (tertiary/aromatic N) is 1. The number of carbonyl (C=O) groups is 1. The van der Waals surface area contributed by atoms with E-state index in [2.05, 4.69) is 0 Å². The maximum absolute atomic E-state index is 11.8. The molecule has 18 heavy (non-hydrogen) atoms. The Morgan fingerprint density at radius 3 is 2.72 bits per heavy atom. The van der Waals surface area contributed by atoms with Gasteiger partial charge >= 0.3 is 5.97 Å². The van der Waals surface area contributed by atoms with Gasteiger partial charge in [-0.1, -0.05) is 36.2 Å². The number of hydrogen-bond donors (Lipinski definition) is 1. The van der Waals surface area contributed by atoms with Crippen molar-refractivity contribution in [3.8, 4) is 0 Å². The van der Waals surface area contributed by atoms with E-state index in [9.17, 15) is 9.90 Å². The first-order chi connectivity index (χ1) is 8.66. The van der Waals surface area contributed by atoms with Crippen LogP contribution in [0.2, 0.25) is 0 Å². The van der Waals surface area contributed by atoms with Gasteiger partial charge in [-0.3, -0.25) is 0 Å². The highest BCUT2D eigenvalue weighted by molar-refractivity contribution is 5.76. The summed E-state index contributed by atoms with van der Waals surface area (Å²) in [5.74, 6) is -0.595. The van der Waals surface area contributed by atoms with Gasteiger partial charge in [0.1, 0.15) is 0 Å². The van der Waals surface area contributed by atoms with Crippen LogP contribution in [0.25, 0.3) is 0 Å². The SMILES string of the molecule is Cc1cccc([C@@H](O)C(=O)ON2CCCCC2)c1. The molecular weight excluding hydrogens is 230 g/mol. The summed E-state index contributed by atoms with van der Waals surface area (Å²) < 4.78 is 0. The number of carbonyl (C=O) groups excluding carboxylic acids is 1. The lowest BCUT2D eigenvalue weighted by Crippen LogP contribution is -2.34. The van der Waals surface area contributed by atoms with Gasteiger partial charge in [-0.2, -0.15) is 0 Å². The van der Waals surface area contributed by atoms with Gasteiger partial charge in [0.25, 0.3) is 0 Å². The molecule has 0 unspecified atom stereocenters. The standard InChI is InChI=1S/C14H19NO3/c1-11-6-5-7-12(10-11)13(16)14(17)18-15-8-3-2-4-9-15/h5-7,10,13,16H,2-4,8-9H2,1H3/t13-/m1/s1. The Morgan fingerprint density at radius 1 is 1.33 bits per heavy atom. The number of aryl methyl sites for hydroxylation is 1. The Balaban J connectivity index is 1.95. The van der Waals surface area contributed by atoms with Crippen LogP contribution in [-0.2, 0) is 9.63 Å². The monoisotopic (exact) mass is 249 g/mol. The normalized spacial score (nSPS) is 18.3. The van der Waals surface area contributed by atoms with E-state index in [0.717, 1.165) is 31.5 Å². The molecule has 1 aromatic carbocycles. The van der Waals surface area contributed by atoms with Crippen LogP contribution in [0.5, 0.6) is 0 Å². The van der Waals surface area contributed by atoms with Crippen molar-refractivity contribution in [3.63, 3.8) is 0 Å². The molecule has 0 amide bonds. The fraction of sp³-hybridized carbons (Fsp3) is 0.500. The fourth-order valence-electron chi connectivity index (χ4n) is 2.11. The van der Waals surface area contributed by atoms with E-state index in [0.29, 0.717) is 5.56 Å². The zero-order chi connectivity index (χ0) is 13.0. The van der Waals surface area contributed by atoms with Crippen molar-refractivity contribution in [2.24, 2.45) is 0 Å². The van der Waals surface area contributed by atoms with Crippen LogP contribution in [0.1, 0.15) is 36.5 Å².